The van der Waals surface area contributed by atoms with Crippen molar-refractivity contribution in [1.29, 1.82) is 0 Å². The van der Waals surface area contributed by atoms with Crippen molar-refractivity contribution in [2.45, 2.75) is 31.3 Å². The maximum absolute atomic E-state index is 10.9. The third-order valence-electron chi connectivity index (χ3n) is 3.84. The van der Waals surface area contributed by atoms with Gasteiger partial charge in [0.15, 0.2) is 0 Å². The number of fused-ring (bicyclic) bond motifs is 2. The van der Waals surface area contributed by atoms with Gasteiger partial charge in [-0.3, -0.25) is 0 Å². The van der Waals surface area contributed by atoms with Crippen LogP contribution < -0.4 is 0 Å². The van der Waals surface area contributed by atoms with Crippen molar-refractivity contribution in [3.63, 3.8) is 0 Å². The topological polar surface area (TPSA) is 51.0 Å². The first-order chi connectivity index (χ1) is 8.78. The number of carbonyl (C=O) groups excluding carboxylic acids is 1. The van der Waals surface area contributed by atoms with E-state index in [4.69, 9.17) is 0 Å². The first-order valence-corrected chi connectivity index (χ1v) is 6.40. The van der Waals surface area contributed by atoms with E-state index in [0.717, 1.165) is 19.3 Å². The molecule has 0 aromatic heterocycles. The van der Waals surface area contributed by atoms with Gasteiger partial charge in [-0.2, -0.15) is 10.2 Å². The maximum Gasteiger partial charge on any atom is 0.338 e. The van der Waals surface area contributed by atoms with Gasteiger partial charge in [-0.25, -0.2) is 4.79 Å². The number of allylic oxidation sites excluding steroid dienone is 1. The smallest absolute Gasteiger partial charge is 0.338 e. The summed E-state index contributed by atoms with van der Waals surface area (Å²) in [4.78, 5) is 10.9. The van der Waals surface area contributed by atoms with Crippen LogP contribution in [0.3, 0.4) is 0 Å². The standard InChI is InChI=1S/C14H16N2O2/c1-18-14(17)4-2-3-9-7-10(9)8-11-12-5-6-13(11)16-15-12/h3-4,8-10,12-13H,5-7H2,1H3/t2?,9-,10-,12?,13?/m1/s1. The molecular weight excluding hydrogens is 228 g/mol. The van der Waals surface area contributed by atoms with Crippen molar-refractivity contribution in [3.05, 3.63) is 29.5 Å². The van der Waals surface area contributed by atoms with Crippen molar-refractivity contribution < 1.29 is 9.53 Å². The first kappa shape index (κ1) is 11.4. The molecule has 2 unspecified atom stereocenters. The molecule has 0 N–H and O–H groups in total. The lowest BCUT2D eigenvalue weighted by molar-refractivity contribution is -0.134. The SMILES string of the molecule is COC(=O)C=C=C[C@@H]1C[C@@H]1C=C1C2CCC1N=N2. The van der Waals surface area contributed by atoms with Crippen LogP contribution in [0.25, 0.3) is 0 Å². The lowest BCUT2D eigenvalue weighted by Crippen LogP contribution is -1.99. The molecule has 4 nitrogen and oxygen atoms in total. The second-order valence-corrected chi connectivity index (χ2v) is 5.07. The molecular formula is C14H16N2O2. The van der Waals surface area contributed by atoms with Crippen LogP contribution in [0.4, 0.5) is 0 Å². The fraction of sp³-hybridized carbons (Fsp3) is 0.571. The highest BCUT2D eigenvalue weighted by Crippen LogP contribution is 2.45. The number of methoxy groups -OCH3 is 1. The molecule has 3 rings (SSSR count). The minimum Gasteiger partial charge on any atom is -0.465 e. The van der Waals surface area contributed by atoms with Crippen molar-refractivity contribution in [1.82, 2.24) is 0 Å². The van der Waals surface area contributed by atoms with Crippen molar-refractivity contribution in [3.8, 4) is 0 Å². The second kappa shape index (κ2) is 4.54. The molecule has 0 radical (unpaired) electrons. The summed E-state index contributed by atoms with van der Waals surface area (Å²) < 4.78 is 4.51. The Hall–Kier alpha value is -1.67. The third-order valence-corrected chi connectivity index (χ3v) is 3.84. The molecule has 2 saturated carbocycles. The minimum atomic E-state index is -0.353. The van der Waals surface area contributed by atoms with Gasteiger partial charge in [0.1, 0.15) is 0 Å². The molecule has 2 aliphatic carbocycles. The van der Waals surface area contributed by atoms with Crippen molar-refractivity contribution in [2.24, 2.45) is 22.1 Å². The molecule has 3 aliphatic rings. The summed E-state index contributed by atoms with van der Waals surface area (Å²) in [6.07, 6.45) is 9.12. The number of hydrogen-bond donors (Lipinski definition) is 0. The van der Waals surface area contributed by atoms with E-state index in [1.807, 2.05) is 6.08 Å². The molecule has 18 heavy (non-hydrogen) atoms. The molecule has 1 heterocycles. The van der Waals surface area contributed by atoms with Crippen molar-refractivity contribution >= 4 is 5.97 Å². The van der Waals surface area contributed by atoms with Crippen LogP contribution >= 0.6 is 0 Å². The quantitative estimate of drug-likeness (QED) is 0.331. The number of nitrogens with zero attached hydrogens (tertiary/aromatic N) is 2. The Bertz CT molecular complexity index is 470. The normalized spacial score (nSPS) is 35.1. The number of esters is 1. The largest absolute Gasteiger partial charge is 0.465 e. The minimum absolute atomic E-state index is 0.353. The summed E-state index contributed by atoms with van der Waals surface area (Å²) in [5.41, 5.74) is 4.31. The number of azo groups is 1. The lowest BCUT2D eigenvalue weighted by Gasteiger charge is -1.98. The predicted octanol–water partition coefficient (Wildman–Crippen LogP) is 2.43. The van der Waals surface area contributed by atoms with E-state index >= 15 is 0 Å². The van der Waals surface area contributed by atoms with Crippen LogP contribution in [-0.2, 0) is 9.53 Å². The highest BCUT2D eigenvalue weighted by Gasteiger charge is 2.40. The van der Waals surface area contributed by atoms with Crippen LogP contribution in [0.2, 0.25) is 0 Å². The number of rotatable bonds is 3. The average Bonchev–Trinajstić information content (AvgIpc) is 2.88. The number of ether oxygens (including phenoxy) is 1. The summed E-state index contributed by atoms with van der Waals surface area (Å²) in [5.74, 6) is 0.747. The van der Waals surface area contributed by atoms with Gasteiger partial charge in [0.05, 0.1) is 25.3 Å². The fourth-order valence-electron chi connectivity index (χ4n) is 2.67. The Morgan fingerprint density at radius 3 is 2.67 bits per heavy atom. The average molecular weight is 244 g/mol. The molecule has 4 heteroatoms. The van der Waals surface area contributed by atoms with E-state index in [1.54, 1.807) is 0 Å². The molecule has 1 aliphatic heterocycles. The summed E-state index contributed by atoms with van der Waals surface area (Å²) in [5, 5.41) is 8.50. The predicted molar refractivity (Wildman–Crippen MR) is 66.0 cm³/mol. The molecule has 0 aromatic carbocycles. The number of hydrogen-bond acceptors (Lipinski definition) is 4. The van der Waals surface area contributed by atoms with E-state index in [-0.39, 0.29) is 5.97 Å². The van der Waals surface area contributed by atoms with Gasteiger partial charge >= 0.3 is 5.97 Å². The number of carbonyl (C=O) groups is 1. The van der Waals surface area contributed by atoms with E-state index in [0.29, 0.717) is 23.9 Å². The Labute approximate surface area is 106 Å². The van der Waals surface area contributed by atoms with E-state index in [2.05, 4.69) is 26.8 Å². The molecule has 0 aromatic rings. The van der Waals surface area contributed by atoms with Gasteiger partial charge in [-0.05, 0) is 42.7 Å². The zero-order valence-corrected chi connectivity index (χ0v) is 10.4. The Kier molecular flexibility index (Phi) is 2.88. The summed E-state index contributed by atoms with van der Waals surface area (Å²) >= 11 is 0. The monoisotopic (exact) mass is 244 g/mol. The Morgan fingerprint density at radius 2 is 2.06 bits per heavy atom. The van der Waals surface area contributed by atoms with Gasteiger partial charge in [0, 0.05) is 0 Å². The van der Waals surface area contributed by atoms with E-state index < -0.39 is 0 Å². The van der Waals surface area contributed by atoms with Gasteiger partial charge in [-0.15, -0.1) is 5.73 Å². The highest BCUT2D eigenvalue weighted by atomic mass is 16.5. The molecule has 0 spiro atoms. The van der Waals surface area contributed by atoms with E-state index in [9.17, 15) is 4.79 Å². The molecule has 4 atom stereocenters. The van der Waals surface area contributed by atoms with Crippen LogP contribution in [0.1, 0.15) is 19.3 Å². The van der Waals surface area contributed by atoms with Crippen LogP contribution in [0.5, 0.6) is 0 Å². The zero-order valence-electron chi connectivity index (χ0n) is 10.4. The highest BCUT2D eigenvalue weighted by molar-refractivity contribution is 5.81. The van der Waals surface area contributed by atoms with Crippen LogP contribution in [-0.4, -0.2) is 25.2 Å². The van der Waals surface area contributed by atoms with Crippen LogP contribution in [0.15, 0.2) is 39.8 Å². The van der Waals surface area contributed by atoms with Gasteiger partial charge < -0.3 is 4.74 Å². The van der Waals surface area contributed by atoms with Gasteiger partial charge in [0.2, 0.25) is 0 Å². The van der Waals surface area contributed by atoms with Crippen LogP contribution in [0, 0.1) is 11.8 Å². The van der Waals surface area contributed by atoms with Crippen molar-refractivity contribution in [2.75, 3.05) is 7.11 Å². The molecule has 94 valence electrons. The molecule has 0 saturated heterocycles. The van der Waals surface area contributed by atoms with E-state index in [1.165, 1.54) is 18.8 Å². The summed E-state index contributed by atoms with van der Waals surface area (Å²) in [6, 6.07) is 0.733. The van der Waals surface area contributed by atoms with Gasteiger partial charge in [0.25, 0.3) is 0 Å². The van der Waals surface area contributed by atoms with Gasteiger partial charge in [-0.1, -0.05) is 6.08 Å². The lowest BCUT2D eigenvalue weighted by atomic mass is 10.1. The second-order valence-electron chi connectivity index (χ2n) is 5.07. The molecule has 2 fully saturated rings. The third kappa shape index (κ3) is 2.16. The zero-order chi connectivity index (χ0) is 12.5. The molecule has 2 bridgehead atoms. The Balaban J connectivity index is 1.58. The maximum atomic E-state index is 10.9. The fourth-order valence-corrected chi connectivity index (χ4v) is 2.67. The summed E-state index contributed by atoms with van der Waals surface area (Å²) in [7, 11) is 1.37. The summed E-state index contributed by atoms with van der Waals surface area (Å²) in [6.45, 7) is 0. The molecule has 0 amide bonds. The first-order valence-electron chi connectivity index (χ1n) is 6.40. The Morgan fingerprint density at radius 1 is 1.33 bits per heavy atom.